The fraction of sp³-hybridized carbons (Fsp3) is 0.500. The molecule has 5 nitrogen and oxygen atoms in total. The topological polar surface area (TPSA) is 69.6 Å². The normalized spacial score (nSPS) is 15.5. The standard InChI is InChI=1S/C16H22N2O3/c1-3-18(2)14(19)13-6-4-12(5-7-13)10-17-11-16(8-9-16)15(20)21/h4-7,17H,3,8-11H2,1-2H3,(H,20,21). The number of nitrogens with one attached hydrogen (secondary N) is 1. The van der Waals surface area contributed by atoms with Gasteiger partial charge in [0.15, 0.2) is 0 Å². The zero-order valence-corrected chi connectivity index (χ0v) is 12.6. The van der Waals surface area contributed by atoms with Gasteiger partial charge in [0.2, 0.25) is 0 Å². The first-order valence-corrected chi connectivity index (χ1v) is 7.27. The Kier molecular flexibility index (Phi) is 4.63. The maximum absolute atomic E-state index is 12.0. The highest BCUT2D eigenvalue weighted by atomic mass is 16.4. The van der Waals surface area contributed by atoms with Crippen molar-refractivity contribution >= 4 is 11.9 Å². The minimum Gasteiger partial charge on any atom is -0.481 e. The number of hydrogen-bond donors (Lipinski definition) is 2. The lowest BCUT2D eigenvalue weighted by atomic mass is 10.1. The summed E-state index contributed by atoms with van der Waals surface area (Å²) in [6, 6.07) is 7.44. The van der Waals surface area contributed by atoms with Crippen molar-refractivity contribution in [3.8, 4) is 0 Å². The molecule has 1 amide bonds. The van der Waals surface area contributed by atoms with Gasteiger partial charge in [-0.25, -0.2) is 0 Å². The molecule has 5 heteroatoms. The number of carboxylic acid groups (broad SMARTS) is 1. The Balaban J connectivity index is 1.85. The molecule has 0 bridgehead atoms. The quantitative estimate of drug-likeness (QED) is 0.802. The van der Waals surface area contributed by atoms with Crippen LogP contribution in [-0.2, 0) is 11.3 Å². The molecular formula is C16H22N2O3. The molecule has 0 aromatic heterocycles. The van der Waals surface area contributed by atoms with Gasteiger partial charge >= 0.3 is 5.97 Å². The third-order valence-corrected chi connectivity index (χ3v) is 4.12. The SMILES string of the molecule is CCN(C)C(=O)c1ccc(CNCC2(C(=O)O)CC2)cc1. The molecule has 0 aliphatic heterocycles. The summed E-state index contributed by atoms with van der Waals surface area (Å²) in [5.74, 6) is -0.696. The Morgan fingerprint density at radius 3 is 2.38 bits per heavy atom. The molecule has 2 N–H and O–H groups in total. The monoisotopic (exact) mass is 290 g/mol. The summed E-state index contributed by atoms with van der Waals surface area (Å²) in [6.07, 6.45) is 1.51. The molecule has 2 rings (SSSR count). The summed E-state index contributed by atoms with van der Waals surface area (Å²) in [5.41, 5.74) is 1.18. The second kappa shape index (κ2) is 6.26. The van der Waals surface area contributed by atoms with Crippen molar-refractivity contribution in [1.82, 2.24) is 10.2 Å². The van der Waals surface area contributed by atoms with Crippen molar-refractivity contribution in [3.05, 3.63) is 35.4 Å². The average Bonchev–Trinajstić information content (AvgIpc) is 3.27. The van der Waals surface area contributed by atoms with E-state index in [1.807, 2.05) is 31.2 Å². The average molecular weight is 290 g/mol. The Labute approximate surface area is 125 Å². The van der Waals surface area contributed by atoms with Crippen LogP contribution in [0.3, 0.4) is 0 Å². The maximum Gasteiger partial charge on any atom is 0.310 e. The Hall–Kier alpha value is -1.88. The number of carboxylic acids is 1. The Bertz CT molecular complexity index is 521. The lowest BCUT2D eigenvalue weighted by Gasteiger charge is -2.15. The molecule has 0 spiro atoms. The van der Waals surface area contributed by atoms with Crippen LogP contribution >= 0.6 is 0 Å². The van der Waals surface area contributed by atoms with E-state index in [2.05, 4.69) is 5.32 Å². The third-order valence-electron chi connectivity index (χ3n) is 4.12. The van der Waals surface area contributed by atoms with Gasteiger partial charge in [-0.2, -0.15) is 0 Å². The van der Waals surface area contributed by atoms with Gasteiger partial charge in [-0.3, -0.25) is 9.59 Å². The van der Waals surface area contributed by atoms with E-state index >= 15 is 0 Å². The molecule has 0 saturated heterocycles. The molecule has 1 aromatic rings. The van der Waals surface area contributed by atoms with E-state index in [0.29, 0.717) is 25.2 Å². The van der Waals surface area contributed by atoms with Crippen LogP contribution in [0, 0.1) is 5.41 Å². The number of hydrogen-bond acceptors (Lipinski definition) is 3. The van der Waals surface area contributed by atoms with E-state index in [-0.39, 0.29) is 5.91 Å². The third kappa shape index (κ3) is 3.61. The summed E-state index contributed by atoms with van der Waals surface area (Å²) in [4.78, 5) is 24.7. The lowest BCUT2D eigenvalue weighted by molar-refractivity contribution is -0.143. The second-order valence-corrected chi connectivity index (χ2v) is 5.71. The van der Waals surface area contributed by atoms with Crippen molar-refractivity contribution in [2.75, 3.05) is 20.1 Å². The number of carbonyl (C=O) groups is 2. The van der Waals surface area contributed by atoms with E-state index < -0.39 is 11.4 Å². The Morgan fingerprint density at radius 1 is 1.29 bits per heavy atom. The highest BCUT2D eigenvalue weighted by Crippen LogP contribution is 2.45. The number of rotatable bonds is 7. The fourth-order valence-corrected chi connectivity index (χ4v) is 2.19. The van der Waals surface area contributed by atoms with Gasteiger partial charge in [0.05, 0.1) is 5.41 Å². The summed E-state index contributed by atoms with van der Waals surface area (Å²) >= 11 is 0. The van der Waals surface area contributed by atoms with E-state index in [4.69, 9.17) is 5.11 Å². The van der Waals surface area contributed by atoms with Crippen LogP contribution < -0.4 is 5.32 Å². The van der Waals surface area contributed by atoms with Crippen molar-refractivity contribution in [2.24, 2.45) is 5.41 Å². The zero-order valence-electron chi connectivity index (χ0n) is 12.6. The molecular weight excluding hydrogens is 268 g/mol. The zero-order chi connectivity index (χ0) is 15.5. The predicted octanol–water partition coefficient (Wildman–Crippen LogP) is 1.73. The molecule has 0 radical (unpaired) electrons. The van der Waals surface area contributed by atoms with Crippen LogP contribution in [-0.4, -0.2) is 42.0 Å². The van der Waals surface area contributed by atoms with Gasteiger partial charge < -0.3 is 15.3 Å². The summed E-state index contributed by atoms with van der Waals surface area (Å²) < 4.78 is 0. The van der Waals surface area contributed by atoms with Crippen LogP contribution in [0.25, 0.3) is 0 Å². The van der Waals surface area contributed by atoms with Crippen LogP contribution in [0.4, 0.5) is 0 Å². The number of amides is 1. The summed E-state index contributed by atoms with van der Waals surface area (Å²) in [7, 11) is 1.78. The van der Waals surface area contributed by atoms with Gasteiger partial charge in [-0.15, -0.1) is 0 Å². The largest absolute Gasteiger partial charge is 0.481 e. The second-order valence-electron chi connectivity index (χ2n) is 5.71. The molecule has 1 aliphatic rings. The van der Waals surface area contributed by atoms with Crippen molar-refractivity contribution < 1.29 is 14.7 Å². The minimum atomic E-state index is -0.710. The first-order chi connectivity index (χ1) is 9.98. The molecule has 1 aromatic carbocycles. The fourth-order valence-electron chi connectivity index (χ4n) is 2.19. The Morgan fingerprint density at radius 2 is 1.90 bits per heavy atom. The first kappa shape index (κ1) is 15.5. The van der Waals surface area contributed by atoms with Crippen molar-refractivity contribution in [2.45, 2.75) is 26.3 Å². The van der Waals surface area contributed by atoms with Gasteiger partial charge in [0.1, 0.15) is 0 Å². The predicted molar refractivity (Wildman–Crippen MR) is 80.1 cm³/mol. The highest BCUT2D eigenvalue weighted by Gasteiger charge is 2.49. The lowest BCUT2D eigenvalue weighted by Crippen LogP contribution is -2.29. The number of benzene rings is 1. The smallest absolute Gasteiger partial charge is 0.310 e. The molecule has 21 heavy (non-hydrogen) atoms. The van der Waals surface area contributed by atoms with E-state index in [1.54, 1.807) is 11.9 Å². The molecule has 0 unspecified atom stereocenters. The van der Waals surface area contributed by atoms with E-state index in [1.165, 1.54) is 0 Å². The first-order valence-electron chi connectivity index (χ1n) is 7.27. The van der Waals surface area contributed by atoms with E-state index in [9.17, 15) is 9.59 Å². The number of carbonyl (C=O) groups excluding carboxylic acids is 1. The molecule has 0 atom stereocenters. The summed E-state index contributed by atoms with van der Waals surface area (Å²) in [5, 5.41) is 12.3. The van der Waals surface area contributed by atoms with Gasteiger partial charge in [0, 0.05) is 32.2 Å². The highest BCUT2D eigenvalue weighted by molar-refractivity contribution is 5.94. The van der Waals surface area contributed by atoms with Crippen LogP contribution in [0.5, 0.6) is 0 Å². The van der Waals surface area contributed by atoms with Crippen molar-refractivity contribution in [3.63, 3.8) is 0 Å². The minimum absolute atomic E-state index is 0.0137. The molecule has 114 valence electrons. The van der Waals surface area contributed by atoms with Gasteiger partial charge in [0.25, 0.3) is 5.91 Å². The molecule has 1 aliphatic carbocycles. The maximum atomic E-state index is 12.0. The molecule has 1 fully saturated rings. The van der Waals surface area contributed by atoms with Crippen LogP contribution in [0.2, 0.25) is 0 Å². The van der Waals surface area contributed by atoms with Crippen LogP contribution in [0.15, 0.2) is 24.3 Å². The molecule has 0 heterocycles. The van der Waals surface area contributed by atoms with Gasteiger partial charge in [-0.05, 0) is 37.5 Å². The van der Waals surface area contributed by atoms with E-state index in [0.717, 1.165) is 18.4 Å². The van der Waals surface area contributed by atoms with Gasteiger partial charge in [-0.1, -0.05) is 12.1 Å². The number of aliphatic carboxylic acids is 1. The summed E-state index contributed by atoms with van der Waals surface area (Å²) in [6.45, 7) is 3.74. The number of nitrogens with zero attached hydrogens (tertiary/aromatic N) is 1. The molecule has 1 saturated carbocycles. The van der Waals surface area contributed by atoms with Crippen LogP contribution in [0.1, 0.15) is 35.7 Å². The van der Waals surface area contributed by atoms with Crippen molar-refractivity contribution in [1.29, 1.82) is 0 Å².